The minimum absolute atomic E-state index is 0.203. The summed E-state index contributed by atoms with van der Waals surface area (Å²) in [5, 5.41) is -0.203. The van der Waals surface area contributed by atoms with E-state index in [0.29, 0.717) is 0 Å². The number of imidazole rings is 1. The zero-order valence-electron chi connectivity index (χ0n) is 12.1. The lowest BCUT2D eigenvalue weighted by Crippen LogP contribution is -2.04. The molecule has 1 atom stereocenters. The molecule has 108 valence electrons. The second-order valence-corrected chi connectivity index (χ2v) is 6.69. The second-order valence-electron chi connectivity index (χ2n) is 5.18. The van der Waals surface area contributed by atoms with Gasteiger partial charge in [0.1, 0.15) is 11.3 Å². The highest BCUT2D eigenvalue weighted by Crippen LogP contribution is 2.32. The SMILES string of the molecule is Cc1ccc(Br)c(-n2c(C(C)Cl)nc3c(C)ccnc32)c1. The topological polar surface area (TPSA) is 30.7 Å². The quantitative estimate of drug-likeness (QED) is 0.592. The third-order valence-electron chi connectivity index (χ3n) is 3.47. The highest BCUT2D eigenvalue weighted by Gasteiger charge is 2.19. The molecule has 3 aromatic rings. The highest BCUT2D eigenvalue weighted by atomic mass is 79.9. The van der Waals surface area contributed by atoms with E-state index in [2.05, 4.69) is 40.0 Å². The molecule has 2 heterocycles. The van der Waals surface area contributed by atoms with Crippen molar-refractivity contribution in [1.29, 1.82) is 0 Å². The zero-order valence-corrected chi connectivity index (χ0v) is 14.4. The zero-order chi connectivity index (χ0) is 15.1. The smallest absolute Gasteiger partial charge is 0.165 e. The number of fused-ring (bicyclic) bond motifs is 1. The molecule has 0 saturated carbocycles. The van der Waals surface area contributed by atoms with E-state index in [-0.39, 0.29) is 5.38 Å². The van der Waals surface area contributed by atoms with Crippen LogP contribution in [0, 0.1) is 13.8 Å². The Balaban J connectivity index is 2.42. The number of hydrogen-bond acceptors (Lipinski definition) is 2. The van der Waals surface area contributed by atoms with Crippen LogP contribution in [0.5, 0.6) is 0 Å². The van der Waals surface area contributed by atoms with E-state index in [1.807, 2.05) is 36.7 Å². The molecular weight excluding hydrogens is 350 g/mol. The van der Waals surface area contributed by atoms with E-state index in [1.54, 1.807) is 0 Å². The van der Waals surface area contributed by atoms with Crippen molar-refractivity contribution in [3.05, 3.63) is 51.9 Å². The summed E-state index contributed by atoms with van der Waals surface area (Å²) in [5.74, 6) is 0.805. The van der Waals surface area contributed by atoms with Crippen molar-refractivity contribution < 1.29 is 0 Å². The molecule has 0 aliphatic heterocycles. The Kier molecular flexibility index (Phi) is 3.76. The molecule has 0 saturated heterocycles. The Hall–Kier alpha value is -1.39. The van der Waals surface area contributed by atoms with Crippen molar-refractivity contribution in [2.75, 3.05) is 0 Å². The van der Waals surface area contributed by atoms with Crippen LogP contribution in [0.25, 0.3) is 16.9 Å². The van der Waals surface area contributed by atoms with Gasteiger partial charge in [0.05, 0.1) is 11.1 Å². The molecule has 0 aliphatic carbocycles. The molecule has 0 N–H and O–H groups in total. The highest BCUT2D eigenvalue weighted by molar-refractivity contribution is 9.10. The Bertz CT molecular complexity index is 824. The fourth-order valence-corrected chi connectivity index (χ4v) is 2.98. The van der Waals surface area contributed by atoms with Gasteiger partial charge in [0.2, 0.25) is 0 Å². The third kappa shape index (κ3) is 2.47. The van der Waals surface area contributed by atoms with Gasteiger partial charge in [-0.25, -0.2) is 9.97 Å². The van der Waals surface area contributed by atoms with Crippen LogP contribution in [-0.4, -0.2) is 14.5 Å². The molecule has 21 heavy (non-hydrogen) atoms. The summed E-state index contributed by atoms with van der Waals surface area (Å²) in [6.07, 6.45) is 1.81. The van der Waals surface area contributed by atoms with Gasteiger partial charge in [0.25, 0.3) is 0 Å². The lowest BCUT2D eigenvalue weighted by atomic mass is 10.2. The predicted molar refractivity (Wildman–Crippen MR) is 90.3 cm³/mol. The summed E-state index contributed by atoms with van der Waals surface area (Å²) in [4.78, 5) is 9.22. The number of aryl methyl sites for hydroxylation is 2. The van der Waals surface area contributed by atoms with E-state index < -0.39 is 0 Å². The van der Waals surface area contributed by atoms with Crippen LogP contribution in [0.1, 0.15) is 29.3 Å². The van der Waals surface area contributed by atoms with Crippen LogP contribution in [0.15, 0.2) is 34.9 Å². The van der Waals surface area contributed by atoms with E-state index in [1.165, 1.54) is 5.56 Å². The summed E-state index contributed by atoms with van der Waals surface area (Å²) < 4.78 is 3.03. The van der Waals surface area contributed by atoms with Crippen LogP contribution in [0.2, 0.25) is 0 Å². The summed E-state index contributed by atoms with van der Waals surface area (Å²) in [6, 6.07) is 8.18. The van der Waals surface area contributed by atoms with Crippen molar-refractivity contribution in [3.63, 3.8) is 0 Å². The van der Waals surface area contributed by atoms with Gasteiger partial charge in [-0.15, -0.1) is 11.6 Å². The first-order valence-electron chi connectivity index (χ1n) is 6.73. The van der Waals surface area contributed by atoms with Gasteiger partial charge in [0.15, 0.2) is 5.65 Å². The summed E-state index contributed by atoms with van der Waals surface area (Å²) in [6.45, 7) is 6.03. The van der Waals surface area contributed by atoms with Crippen molar-refractivity contribution in [2.45, 2.75) is 26.1 Å². The number of aromatic nitrogens is 3. The van der Waals surface area contributed by atoms with Crippen LogP contribution in [-0.2, 0) is 0 Å². The van der Waals surface area contributed by atoms with E-state index in [0.717, 1.165) is 32.7 Å². The average Bonchev–Trinajstić information content (AvgIpc) is 2.82. The molecule has 0 amide bonds. The normalized spacial score (nSPS) is 12.8. The molecule has 0 radical (unpaired) electrons. The molecule has 3 nitrogen and oxygen atoms in total. The second kappa shape index (κ2) is 5.43. The molecule has 5 heteroatoms. The standard InChI is InChI=1S/C16H15BrClN3/c1-9-4-5-12(17)13(8-9)21-15(11(3)18)20-14-10(2)6-7-19-16(14)21/h4-8,11H,1-3H3. The molecule has 1 unspecified atom stereocenters. The molecule has 1 aromatic carbocycles. The Morgan fingerprint density at radius 2 is 2.00 bits per heavy atom. The Morgan fingerprint density at radius 1 is 1.24 bits per heavy atom. The fraction of sp³-hybridized carbons (Fsp3) is 0.250. The van der Waals surface area contributed by atoms with Gasteiger partial charge in [-0.3, -0.25) is 4.57 Å². The van der Waals surface area contributed by atoms with Gasteiger partial charge in [0, 0.05) is 10.7 Å². The molecule has 0 spiro atoms. The molecule has 0 bridgehead atoms. The maximum absolute atomic E-state index is 6.35. The van der Waals surface area contributed by atoms with Crippen molar-refractivity contribution in [2.24, 2.45) is 0 Å². The lowest BCUT2D eigenvalue weighted by Gasteiger charge is -2.12. The Labute approximate surface area is 137 Å². The minimum Gasteiger partial charge on any atom is -0.278 e. The largest absolute Gasteiger partial charge is 0.278 e. The number of alkyl halides is 1. The molecular formula is C16H15BrClN3. The number of halogens is 2. The van der Waals surface area contributed by atoms with Gasteiger partial charge in [-0.2, -0.15) is 0 Å². The van der Waals surface area contributed by atoms with Crippen LogP contribution >= 0.6 is 27.5 Å². The lowest BCUT2D eigenvalue weighted by molar-refractivity contribution is 0.874. The van der Waals surface area contributed by atoms with Crippen LogP contribution in [0.4, 0.5) is 0 Å². The van der Waals surface area contributed by atoms with E-state index >= 15 is 0 Å². The predicted octanol–water partition coefficient (Wildman–Crippen LogP) is 5.10. The van der Waals surface area contributed by atoms with Gasteiger partial charge in [-0.05, 0) is 66.0 Å². The first-order chi connectivity index (χ1) is 9.99. The number of nitrogens with zero attached hydrogens (tertiary/aromatic N) is 3. The maximum atomic E-state index is 6.35. The first kappa shape index (κ1) is 14.5. The average molecular weight is 365 g/mol. The van der Waals surface area contributed by atoms with Gasteiger partial charge < -0.3 is 0 Å². The van der Waals surface area contributed by atoms with Crippen LogP contribution in [0.3, 0.4) is 0 Å². The third-order valence-corrected chi connectivity index (χ3v) is 4.34. The number of benzene rings is 1. The number of pyridine rings is 1. The van der Waals surface area contributed by atoms with Gasteiger partial charge >= 0.3 is 0 Å². The fourth-order valence-electron chi connectivity index (χ4n) is 2.41. The van der Waals surface area contributed by atoms with Crippen molar-refractivity contribution in [3.8, 4) is 5.69 Å². The van der Waals surface area contributed by atoms with E-state index in [4.69, 9.17) is 16.6 Å². The molecule has 0 aliphatic rings. The monoisotopic (exact) mass is 363 g/mol. The molecule has 0 fully saturated rings. The number of hydrogen-bond donors (Lipinski definition) is 0. The van der Waals surface area contributed by atoms with Crippen molar-refractivity contribution >= 4 is 38.7 Å². The molecule has 2 aromatic heterocycles. The summed E-state index contributed by atoms with van der Waals surface area (Å²) in [7, 11) is 0. The Morgan fingerprint density at radius 3 is 2.71 bits per heavy atom. The van der Waals surface area contributed by atoms with E-state index in [9.17, 15) is 0 Å². The minimum atomic E-state index is -0.203. The molecule has 3 rings (SSSR count). The first-order valence-corrected chi connectivity index (χ1v) is 7.96. The maximum Gasteiger partial charge on any atom is 0.165 e. The van der Waals surface area contributed by atoms with Crippen molar-refractivity contribution in [1.82, 2.24) is 14.5 Å². The summed E-state index contributed by atoms with van der Waals surface area (Å²) >= 11 is 9.97. The van der Waals surface area contributed by atoms with Gasteiger partial charge in [-0.1, -0.05) is 6.07 Å². The number of rotatable bonds is 2. The van der Waals surface area contributed by atoms with Crippen LogP contribution < -0.4 is 0 Å². The summed E-state index contributed by atoms with van der Waals surface area (Å²) in [5.41, 5.74) is 5.02.